The van der Waals surface area contributed by atoms with Crippen LogP contribution in [0.5, 0.6) is 11.5 Å². The highest BCUT2D eigenvalue weighted by atomic mass is 79.9. The molecule has 4 nitrogen and oxygen atoms in total. The van der Waals surface area contributed by atoms with Gasteiger partial charge in [-0.25, -0.2) is 0 Å². The van der Waals surface area contributed by atoms with Crippen LogP contribution in [0.25, 0.3) is 0 Å². The van der Waals surface area contributed by atoms with Crippen molar-refractivity contribution in [1.82, 2.24) is 15.1 Å². The average Bonchev–Trinajstić information content (AvgIpc) is 2.91. The lowest BCUT2D eigenvalue weighted by molar-refractivity contribution is 0.474. The summed E-state index contributed by atoms with van der Waals surface area (Å²) >= 11 is 3.57. The van der Waals surface area contributed by atoms with Gasteiger partial charge in [0.05, 0.1) is 16.9 Å². The highest BCUT2D eigenvalue weighted by Gasteiger charge is 2.07. The third-order valence-corrected chi connectivity index (χ3v) is 3.71. The molecule has 0 saturated heterocycles. The van der Waals surface area contributed by atoms with Crippen molar-refractivity contribution in [3.8, 4) is 11.5 Å². The summed E-state index contributed by atoms with van der Waals surface area (Å²) in [6.45, 7) is 8.25. The van der Waals surface area contributed by atoms with Gasteiger partial charge in [0.15, 0.2) is 5.75 Å². The van der Waals surface area contributed by atoms with Gasteiger partial charge in [-0.15, -0.1) is 0 Å². The van der Waals surface area contributed by atoms with Gasteiger partial charge in [0.25, 0.3) is 0 Å². The zero-order chi connectivity index (χ0) is 15.2. The van der Waals surface area contributed by atoms with E-state index in [-0.39, 0.29) is 0 Å². The van der Waals surface area contributed by atoms with Gasteiger partial charge in [-0.3, -0.25) is 4.68 Å². The quantitative estimate of drug-likeness (QED) is 0.745. The molecule has 0 radical (unpaired) electrons. The van der Waals surface area contributed by atoms with E-state index in [4.69, 9.17) is 4.74 Å². The van der Waals surface area contributed by atoms with Crippen molar-refractivity contribution >= 4 is 15.9 Å². The lowest BCUT2D eigenvalue weighted by atomic mass is 10.2. The second-order valence-electron chi connectivity index (χ2n) is 5.29. The van der Waals surface area contributed by atoms with Gasteiger partial charge in [-0.1, -0.05) is 13.0 Å². The fourth-order valence-electron chi connectivity index (χ4n) is 1.93. The molecule has 0 fully saturated rings. The molecule has 0 saturated carbocycles. The molecule has 0 unspecified atom stereocenters. The van der Waals surface area contributed by atoms with Crippen molar-refractivity contribution in [3.05, 3.63) is 40.6 Å². The molecule has 1 aromatic heterocycles. The number of hydrogen-bond acceptors (Lipinski definition) is 3. The normalized spacial score (nSPS) is 11.1. The Morgan fingerprint density at radius 3 is 2.81 bits per heavy atom. The van der Waals surface area contributed by atoms with Crippen LogP contribution in [0.2, 0.25) is 0 Å². The highest BCUT2D eigenvalue weighted by molar-refractivity contribution is 9.10. The van der Waals surface area contributed by atoms with E-state index in [0.717, 1.165) is 35.5 Å². The summed E-state index contributed by atoms with van der Waals surface area (Å²) in [7, 11) is 0. The minimum Gasteiger partial charge on any atom is -0.453 e. The van der Waals surface area contributed by atoms with Crippen LogP contribution in [-0.2, 0) is 6.54 Å². The molecular formula is C16H22BrN3O. The van der Waals surface area contributed by atoms with E-state index < -0.39 is 0 Å². The van der Waals surface area contributed by atoms with Gasteiger partial charge in [-0.2, -0.15) is 5.10 Å². The molecule has 2 aromatic rings. The van der Waals surface area contributed by atoms with Gasteiger partial charge >= 0.3 is 0 Å². The monoisotopic (exact) mass is 351 g/mol. The Morgan fingerprint density at radius 2 is 2.19 bits per heavy atom. The Labute approximate surface area is 134 Å². The first kappa shape index (κ1) is 16.0. The van der Waals surface area contributed by atoms with Crippen LogP contribution in [0, 0.1) is 0 Å². The Kier molecular flexibility index (Phi) is 5.82. The molecule has 0 aliphatic rings. The third kappa shape index (κ3) is 4.58. The topological polar surface area (TPSA) is 39.1 Å². The minimum absolute atomic E-state index is 0.331. The van der Waals surface area contributed by atoms with Gasteiger partial charge in [0, 0.05) is 12.6 Å². The molecule has 1 aromatic carbocycles. The Morgan fingerprint density at radius 1 is 1.38 bits per heavy atom. The second-order valence-corrected chi connectivity index (χ2v) is 6.15. The average molecular weight is 352 g/mol. The van der Waals surface area contributed by atoms with Crippen molar-refractivity contribution in [2.45, 2.75) is 39.8 Å². The summed E-state index contributed by atoms with van der Waals surface area (Å²) in [5, 5.41) is 7.66. The Bertz CT molecular complexity index is 581. The van der Waals surface area contributed by atoms with E-state index in [1.807, 2.05) is 16.9 Å². The molecule has 0 aliphatic heterocycles. The molecule has 0 aliphatic carbocycles. The number of ether oxygens (including phenoxy) is 1. The predicted octanol–water partition coefficient (Wildman–Crippen LogP) is 4.52. The van der Waals surface area contributed by atoms with Crippen molar-refractivity contribution in [1.29, 1.82) is 0 Å². The maximum Gasteiger partial charge on any atom is 0.165 e. The molecule has 21 heavy (non-hydrogen) atoms. The van der Waals surface area contributed by atoms with E-state index in [9.17, 15) is 0 Å². The SMILES string of the molecule is CCCNCc1ccc(Oc2cnn(C(C)C)c2)c(Br)c1. The summed E-state index contributed by atoms with van der Waals surface area (Å²) in [6, 6.07) is 6.48. The van der Waals surface area contributed by atoms with Crippen LogP contribution in [0.15, 0.2) is 35.1 Å². The number of hydrogen-bond donors (Lipinski definition) is 1. The van der Waals surface area contributed by atoms with Crippen LogP contribution in [0.1, 0.15) is 38.8 Å². The first-order valence-electron chi connectivity index (χ1n) is 7.31. The second kappa shape index (κ2) is 7.61. The smallest absolute Gasteiger partial charge is 0.165 e. The van der Waals surface area contributed by atoms with Gasteiger partial charge in [-0.05, 0) is 60.4 Å². The number of rotatable bonds is 7. The van der Waals surface area contributed by atoms with Crippen molar-refractivity contribution in [2.75, 3.05) is 6.54 Å². The molecule has 0 amide bonds. The minimum atomic E-state index is 0.331. The molecule has 5 heteroatoms. The molecule has 0 spiro atoms. The summed E-state index contributed by atoms with van der Waals surface area (Å²) in [5.41, 5.74) is 1.24. The standard InChI is InChI=1S/C16H22BrN3O/c1-4-7-18-9-13-5-6-16(15(17)8-13)21-14-10-19-20(11-14)12(2)3/h5-6,8,10-12,18H,4,7,9H2,1-3H3. The maximum absolute atomic E-state index is 5.87. The molecule has 1 N–H and O–H groups in total. The molecule has 1 heterocycles. The van der Waals surface area contributed by atoms with Crippen LogP contribution in [-0.4, -0.2) is 16.3 Å². The molecule has 114 valence electrons. The molecule has 2 rings (SSSR count). The fourth-order valence-corrected chi connectivity index (χ4v) is 2.44. The number of nitrogens with zero attached hydrogens (tertiary/aromatic N) is 2. The maximum atomic E-state index is 5.87. The first-order chi connectivity index (χ1) is 10.1. The molecular weight excluding hydrogens is 330 g/mol. The van der Waals surface area contributed by atoms with E-state index in [2.05, 4.69) is 59.2 Å². The third-order valence-electron chi connectivity index (χ3n) is 3.09. The van der Waals surface area contributed by atoms with E-state index >= 15 is 0 Å². The van der Waals surface area contributed by atoms with E-state index in [1.54, 1.807) is 6.20 Å². The van der Waals surface area contributed by atoms with Crippen molar-refractivity contribution in [3.63, 3.8) is 0 Å². The van der Waals surface area contributed by atoms with Crippen LogP contribution < -0.4 is 10.1 Å². The number of nitrogens with one attached hydrogen (secondary N) is 1. The van der Waals surface area contributed by atoms with Gasteiger partial charge < -0.3 is 10.1 Å². The number of benzene rings is 1. The summed E-state index contributed by atoms with van der Waals surface area (Å²) in [5.74, 6) is 1.55. The predicted molar refractivity (Wildman–Crippen MR) is 88.8 cm³/mol. The molecule has 0 atom stereocenters. The van der Waals surface area contributed by atoms with Gasteiger partial charge in [0.1, 0.15) is 5.75 Å². The fraction of sp³-hybridized carbons (Fsp3) is 0.438. The zero-order valence-electron chi connectivity index (χ0n) is 12.8. The first-order valence-corrected chi connectivity index (χ1v) is 8.10. The lowest BCUT2D eigenvalue weighted by Crippen LogP contribution is -2.13. The highest BCUT2D eigenvalue weighted by Crippen LogP contribution is 2.30. The summed E-state index contributed by atoms with van der Waals surface area (Å²) in [4.78, 5) is 0. The van der Waals surface area contributed by atoms with Crippen LogP contribution in [0.4, 0.5) is 0 Å². The number of halogens is 1. The van der Waals surface area contributed by atoms with Crippen molar-refractivity contribution < 1.29 is 4.74 Å². The van der Waals surface area contributed by atoms with Crippen LogP contribution >= 0.6 is 15.9 Å². The molecule has 0 bridgehead atoms. The lowest BCUT2D eigenvalue weighted by Gasteiger charge is -2.09. The summed E-state index contributed by atoms with van der Waals surface area (Å²) in [6.07, 6.45) is 4.79. The zero-order valence-corrected chi connectivity index (χ0v) is 14.4. The number of aromatic nitrogens is 2. The van der Waals surface area contributed by atoms with E-state index in [0.29, 0.717) is 6.04 Å². The van der Waals surface area contributed by atoms with Crippen LogP contribution in [0.3, 0.4) is 0 Å². The van der Waals surface area contributed by atoms with E-state index in [1.165, 1.54) is 5.56 Å². The Balaban J connectivity index is 2.02. The summed E-state index contributed by atoms with van der Waals surface area (Å²) < 4.78 is 8.71. The van der Waals surface area contributed by atoms with Gasteiger partial charge in [0.2, 0.25) is 0 Å². The Hall–Kier alpha value is -1.33. The largest absolute Gasteiger partial charge is 0.453 e. The van der Waals surface area contributed by atoms with Crippen molar-refractivity contribution in [2.24, 2.45) is 0 Å².